The Kier molecular flexibility index (Phi) is 7.06. The van der Waals surface area contributed by atoms with Gasteiger partial charge in [0, 0.05) is 31.0 Å². The number of piperidine rings is 1. The highest BCUT2D eigenvalue weighted by atomic mass is 16.5. The van der Waals surface area contributed by atoms with Gasteiger partial charge in [-0.15, -0.1) is 0 Å². The highest BCUT2D eigenvalue weighted by Gasteiger charge is 2.27. The van der Waals surface area contributed by atoms with E-state index in [1.54, 1.807) is 7.11 Å². The average Bonchev–Trinajstić information content (AvgIpc) is 2.77. The van der Waals surface area contributed by atoms with E-state index in [1.807, 2.05) is 59.5 Å². The van der Waals surface area contributed by atoms with Crippen LogP contribution in [0.3, 0.4) is 0 Å². The van der Waals surface area contributed by atoms with Gasteiger partial charge in [-0.25, -0.2) is 0 Å². The zero-order valence-corrected chi connectivity index (χ0v) is 16.3. The summed E-state index contributed by atoms with van der Waals surface area (Å²) in [5.41, 5.74) is 0.767. The monoisotopic (exact) mass is 381 g/mol. The van der Waals surface area contributed by atoms with Gasteiger partial charge in [0.2, 0.25) is 5.91 Å². The largest absolute Gasteiger partial charge is 0.497 e. The lowest BCUT2D eigenvalue weighted by molar-refractivity contribution is -0.132. The Labute approximate surface area is 166 Å². The van der Waals surface area contributed by atoms with Gasteiger partial charge in [-0.3, -0.25) is 9.59 Å². The summed E-state index contributed by atoms with van der Waals surface area (Å²) in [4.78, 5) is 26.8. The third-order valence-corrected chi connectivity index (χ3v) is 5.14. The predicted molar refractivity (Wildman–Crippen MR) is 108 cm³/mol. The van der Waals surface area contributed by atoms with Crippen molar-refractivity contribution in [2.24, 2.45) is 5.92 Å². The average molecular weight is 381 g/mol. The maximum absolute atomic E-state index is 12.5. The summed E-state index contributed by atoms with van der Waals surface area (Å²) in [6, 6.07) is 16.8. The summed E-state index contributed by atoms with van der Waals surface area (Å²) in [7, 11) is 1.63. The molecule has 0 spiro atoms. The van der Waals surface area contributed by atoms with E-state index in [2.05, 4.69) is 0 Å². The van der Waals surface area contributed by atoms with Gasteiger partial charge in [-0.05, 0) is 43.5 Å². The zero-order chi connectivity index (χ0) is 19.8. The van der Waals surface area contributed by atoms with E-state index in [9.17, 15) is 9.59 Å². The van der Waals surface area contributed by atoms with Crippen molar-refractivity contribution in [1.29, 1.82) is 0 Å². The minimum Gasteiger partial charge on any atom is -0.497 e. The molecule has 0 N–H and O–H groups in total. The molecule has 1 aliphatic rings. The quantitative estimate of drug-likeness (QED) is 0.513. The van der Waals surface area contributed by atoms with Crippen molar-refractivity contribution in [2.45, 2.75) is 25.7 Å². The lowest BCUT2D eigenvalue weighted by Gasteiger charge is -2.31. The number of amides is 1. The molecule has 2 aromatic carbocycles. The van der Waals surface area contributed by atoms with Crippen LogP contribution < -0.4 is 9.47 Å². The molecule has 0 aromatic heterocycles. The molecule has 28 heavy (non-hydrogen) atoms. The number of likely N-dealkylation sites (tertiary alicyclic amines) is 1. The van der Waals surface area contributed by atoms with Crippen molar-refractivity contribution in [3.63, 3.8) is 0 Å². The van der Waals surface area contributed by atoms with Crippen LogP contribution >= 0.6 is 0 Å². The molecule has 1 saturated heterocycles. The van der Waals surface area contributed by atoms with E-state index in [4.69, 9.17) is 9.47 Å². The Balaban J connectivity index is 1.36. The molecule has 3 rings (SSSR count). The molecule has 1 amide bonds. The topological polar surface area (TPSA) is 55.8 Å². The molecule has 1 fully saturated rings. The molecule has 0 radical (unpaired) electrons. The molecule has 0 bridgehead atoms. The standard InChI is InChI=1S/C23H27NO4/c1-27-20-9-11-21(12-10-20)28-17-5-8-22(25)24-15-13-19(14-16-24)23(26)18-6-3-2-4-7-18/h2-4,6-7,9-12,19H,5,8,13-17H2,1H3. The zero-order valence-electron chi connectivity index (χ0n) is 16.3. The number of carbonyl (C=O) groups is 2. The van der Waals surface area contributed by atoms with Crippen LogP contribution in [0.4, 0.5) is 0 Å². The van der Waals surface area contributed by atoms with E-state index < -0.39 is 0 Å². The molecule has 5 heteroatoms. The van der Waals surface area contributed by atoms with Gasteiger partial charge in [-0.1, -0.05) is 30.3 Å². The first-order valence-electron chi connectivity index (χ1n) is 9.81. The smallest absolute Gasteiger partial charge is 0.222 e. The van der Waals surface area contributed by atoms with Crippen LogP contribution in [0.1, 0.15) is 36.0 Å². The molecule has 0 unspecified atom stereocenters. The van der Waals surface area contributed by atoms with Crippen molar-refractivity contribution in [3.8, 4) is 11.5 Å². The van der Waals surface area contributed by atoms with Gasteiger partial charge in [0.25, 0.3) is 0 Å². The van der Waals surface area contributed by atoms with E-state index in [0.29, 0.717) is 32.5 Å². The normalized spacial score (nSPS) is 14.5. The fourth-order valence-corrected chi connectivity index (χ4v) is 3.47. The number of rotatable bonds is 8. The fourth-order valence-electron chi connectivity index (χ4n) is 3.47. The third kappa shape index (κ3) is 5.35. The molecular formula is C23H27NO4. The number of Topliss-reactive ketones (excluding diaryl/α,β-unsaturated/α-hetero) is 1. The number of benzene rings is 2. The number of hydrogen-bond donors (Lipinski definition) is 0. The number of methoxy groups -OCH3 is 1. The van der Waals surface area contributed by atoms with Crippen LogP contribution in [0.15, 0.2) is 54.6 Å². The van der Waals surface area contributed by atoms with Gasteiger partial charge in [-0.2, -0.15) is 0 Å². The Bertz CT molecular complexity index is 765. The van der Waals surface area contributed by atoms with E-state index >= 15 is 0 Å². The molecular weight excluding hydrogens is 354 g/mol. The van der Waals surface area contributed by atoms with Crippen LogP contribution in [-0.2, 0) is 4.79 Å². The second-order valence-corrected chi connectivity index (χ2v) is 7.01. The predicted octanol–water partition coefficient (Wildman–Crippen LogP) is 3.98. The number of ether oxygens (including phenoxy) is 2. The number of carbonyl (C=O) groups excluding carboxylic acids is 2. The molecule has 1 heterocycles. The molecule has 0 atom stereocenters. The van der Waals surface area contributed by atoms with Crippen molar-refractivity contribution in [3.05, 3.63) is 60.2 Å². The highest BCUT2D eigenvalue weighted by molar-refractivity contribution is 5.98. The Morgan fingerprint density at radius 3 is 2.25 bits per heavy atom. The lowest BCUT2D eigenvalue weighted by Crippen LogP contribution is -2.40. The van der Waals surface area contributed by atoms with E-state index in [-0.39, 0.29) is 17.6 Å². The summed E-state index contributed by atoms with van der Waals surface area (Å²) < 4.78 is 10.8. The number of hydrogen-bond acceptors (Lipinski definition) is 4. The SMILES string of the molecule is COc1ccc(OCCCC(=O)N2CCC(C(=O)c3ccccc3)CC2)cc1. The Hall–Kier alpha value is -2.82. The molecule has 5 nitrogen and oxygen atoms in total. The van der Waals surface area contributed by atoms with Crippen LogP contribution in [0.2, 0.25) is 0 Å². The van der Waals surface area contributed by atoms with Crippen LogP contribution in [0, 0.1) is 5.92 Å². The first-order chi connectivity index (χ1) is 13.7. The summed E-state index contributed by atoms with van der Waals surface area (Å²) in [5.74, 6) is 1.92. The number of ketones is 1. The minimum absolute atomic E-state index is 0.0184. The van der Waals surface area contributed by atoms with Crippen molar-refractivity contribution < 1.29 is 19.1 Å². The van der Waals surface area contributed by atoms with E-state index in [0.717, 1.165) is 29.9 Å². The highest BCUT2D eigenvalue weighted by Crippen LogP contribution is 2.22. The second-order valence-electron chi connectivity index (χ2n) is 7.01. The molecule has 1 aliphatic heterocycles. The summed E-state index contributed by atoms with van der Waals surface area (Å²) in [5, 5.41) is 0. The lowest BCUT2D eigenvalue weighted by atomic mass is 9.89. The minimum atomic E-state index is 0.0184. The third-order valence-electron chi connectivity index (χ3n) is 5.14. The fraction of sp³-hybridized carbons (Fsp3) is 0.391. The van der Waals surface area contributed by atoms with Crippen molar-refractivity contribution in [1.82, 2.24) is 4.90 Å². The summed E-state index contributed by atoms with van der Waals surface area (Å²) in [6.07, 6.45) is 2.62. The maximum atomic E-state index is 12.5. The van der Waals surface area contributed by atoms with Crippen molar-refractivity contribution >= 4 is 11.7 Å². The molecule has 148 valence electrons. The van der Waals surface area contributed by atoms with Gasteiger partial charge in [0.05, 0.1) is 13.7 Å². The Morgan fingerprint density at radius 2 is 1.61 bits per heavy atom. The second kappa shape index (κ2) is 9.93. The van der Waals surface area contributed by atoms with Gasteiger partial charge in [0.15, 0.2) is 5.78 Å². The first kappa shape index (κ1) is 19.9. The summed E-state index contributed by atoms with van der Waals surface area (Å²) >= 11 is 0. The van der Waals surface area contributed by atoms with Crippen LogP contribution in [-0.4, -0.2) is 43.4 Å². The molecule has 2 aromatic rings. The van der Waals surface area contributed by atoms with E-state index in [1.165, 1.54) is 0 Å². The first-order valence-corrected chi connectivity index (χ1v) is 9.81. The molecule has 0 aliphatic carbocycles. The van der Waals surface area contributed by atoms with Gasteiger partial charge >= 0.3 is 0 Å². The summed E-state index contributed by atoms with van der Waals surface area (Å²) in [6.45, 7) is 1.81. The number of nitrogens with zero attached hydrogens (tertiary/aromatic N) is 1. The van der Waals surface area contributed by atoms with Crippen LogP contribution in [0.25, 0.3) is 0 Å². The molecule has 0 saturated carbocycles. The van der Waals surface area contributed by atoms with Gasteiger partial charge in [0.1, 0.15) is 11.5 Å². The maximum Gasteiger partial charge on any atom is 0.222 e. The van der Waals surface area contributed by atoms with Gasteiger partial charge < -0.3 is 14.4 Å². The van der Waals surface area contributed by atoms with Crippen LogP contribution in [0.5, 0.6) is 11.5 Å². The Morgan fingerprint density at radius 1 is 0.964 bits per heavy atom. The van der Waals surface area contributed by atoms with Crippen molar-refractivity contribution in [2.75, 3.05) is 26.8 Å².